The van der Waals surface area contributed by atoms with E-state index in [-0.39, 0.29) is 12.3 Å². The fourth-order valence-corrected chi connectivity index (χ4v) is 3.10. The molecule has 3 rings (SSSR count). The van der Waals surface area contributed by atoms with Crippen LogP contribution in [0.1, 0.15) is 43.4 Å². The summed E-state index contributed by atoms with van der Waals surface area (Å²) in [6.45, 7) is 7.56. The highest BCUT2D eigenvalue weighted by Gasteiger charge is 2.21. The summed E-state index contributed by atoms with van der Waals surface area (Å²) in [5, 5.41) is 2.93. The first kappa shape index (κ1) is 17.3. The second kappa shape index (κ2) is 7.60. The second-order valence-corrected chi connectivity index (χ2v) is 6.87. The van der Waals surface area contributed by atoms with E-state index in [0.717, 1.165) is 18.7 Å². The minimum absolute atomic E-state index is 0.0826. The minimum atomic E-state index is -0.380. The smallest absolute Gasteiger partial charge is 0.320 e. The molecule has 0 aromatic heterocycles. The molecule has 132 valence electrons. The summed E-state index contributed by atoms with van der Waals surface area (Å²) in [7, 11) is 0. The maximum atomic E-state index is 12.5. The quantitative estimate of drug-likeness (QED) is 0.844. The predicted molar refractivity (Wildman–Crippen MR) is 99.7 cm³/mol. The van der Waals surface area contributed by atoms with Gasteiger partial charge in [-0.2, -0.15) is 0 Å². The van der Waals surface area contributed by atoms with Crippen LogP contribution in [0.2, 0.25) is 0 Å². The van der Waals surface area contributed by atoms with E-state index in [0.29, 0.717) is 12.5 Å². The third-order valence-corrected chi connectivity index (χ3v) is 4.60. The molecule has 1 N–H and O–H groups in total. The Kier molecular flexibility index (Phi) is 5.27. The zero-order valence-corrected chi connectivity index (χ0v) is 15.2. The molecule has 1 aliphatic rings. The molecule has 0 aliphatic carbocycles. The van der Waals surface area contributed by atoms with Crippen LogP contribution in [-0.4, -0.2) is 23.7 Å². The van der Waals surface area contributed by atoms with E-state index in [1.54, 1.807) is 0 Å². The third kappa shape index (κ3) is 4.32. The van der Waals surface area contributed by atoms with E-state index in [2.05, 4.69) is 49.5 Å². The van der Waals surface area contributed by atoms with Gasteiger partial charge in [-0.3, -0.25) is 0 Å². The van der Waals surface area contributed by atoms with E-state index in [1.165, 1.54) is 16.7 Å². The van der Waals surface area contributed by atoms with E-state index < -0.39 is 0 Å². The summed E-state index contributed by atoms with van der Waals surface area (Å²) < 4.78 is 5.82. The van der Waals surface area contributed by atoms with Crippen LogP contribution in [0.4, 0.5) is 4.79 Å². The van der Waals surface area contributed by atoms with Gasteiger partial charge in [0.25, 0.3) is 0 Å². The molecule has 25 heavy (non-hydrogen) atoms. The van der Waals surface area contributed by atoms with Crippen LogP contribution in [0.5, 0.6) is 5.75 Å². The number of carbonyl (C=O) groups excluding carboxylic acids is 1. The van der Waals surface area contributed by atoms with Gasteiger partial charge in [-0.1, -0.05) is 50.2 Å². The Morgan fingerprint density at radius 3 is 2.40 bits per heavy atom. The number of fused-ring (bicyclic) bond motifs is 1. The van der Waals surface area contributed by atoms with Gasteiger partial charge in [0.05, 0.1) is 0 Å². The van der Waals surface area contributed by atoms with Gasteiger partial charge in [0, 0.05) is 13.1 Å². The molecule has 0 fully saturated rings. The normalized spacial score (nSPS) is 14.8. The Balaban J connectivity index is 1.54. The Hall–Kier alpha value is -2.49. The monoisotopic (exact) mass is 338 g/mol. The van der Waals surface area contributed by atoms with Crippen molar-refractivity contribution in [3.8, 4) is 5.75 Å². The van der Waals surface area contributed by atoms with Gasteiger partial charge < -0.3 is 15.0 Å². The van der Waals surface area contributed by atoms with Crippen molar-refractivity contribution in [2.24, 2.45) is 0 Å². The van der Waals surface area contributed by atoms with Crippen molar-refractivity contribution >= 4 is 6.03 Å². The van der Waals surface area contributed by atoms with Crippen molar-refractivity contribution in [1.29, 1.82) is 0 Å². The molecule has 0 spiro atoms. The number of benzene rings is 2. The Morgan fingerprint density at radius 1 is 1.04 bits per heavy atom. The van der Waals surface area contributed by atoms with Crippen molar-refractivity contribution in [2.45, 2.75) is 45.9 Å². The molecule has 1 atom stereocenters. The number of hydrogen-bond donors (Lipinski definition) is 1. The summed E-state index contributed by atoms with van der Waals surface area (Å²) >= 11 is 0. The largest absolute Gasteiger partial charge is 0.471 e. The Morgan fingerprint density at radius 2 is 1.72 bits per heavy atom. The molecule has 1 heterocycles. The molecule has 2 amide bonds. The molecule has 4 nitrogen and oxygen atoms in total. The Bertz CT molecular complexity index is 725. The van der Waals surface area contributed by atoms with Gasteiger partial charge in [-0.05, 0) is 48.1 Å². The SMILES string of the molecule is CC(NC(=O)N1CCc2ccccc2C1)Oc1ccc(C(C)C)cc1. The third-order valence-electron chi connectivity index (χ3n) is 4.60. The molecular formula is C21H26N2O2. The maximum absolute atomic E-state index is 12.5. The van der Waals surface area contributed by atoms with E-state index in [1.807, 2.05) is 30.0 Å². The average molecular weight is 338 g/mol. The van der Waals surface area contributed by atoms with Crippen LogP contribution in [0.25, 0.3) is 0 Å². The first-order valence-electron chi connectivity index (χ1n) is 8.92. The lowest BCUT2D eigenvalue weighted by Crippen LogP contribution is -2.47. The first-order chi connectivity index (χ1) is 12.0. The minimum Gasteiger partial charge on any atom is -0.471 e. The van der Waals surface area contributed by atoms with Gasteiger partial charge in [0.2, 0.25) is 0 Å². The molecule has 0 saturated carbocycles. The summed E-state index contributed by atoms with van der Waals surface area (Å²) in [6, 6.07) is 16.3. The fraction of sp³-hybridized carbons (Fsp3) is 0.381. The molecule has 1 aliphatic heterocycles. The maximum Gasteiger partial charge on any atom is 0.320 e. The number of urea groups is 1. The highest BCUT2D eigenvalue weighted by atomic mass is 16.5. The van der Waals surface area contributed by atoms with E-state index >= 15 is 0 Å². The molecule has 1 unspecified atom stereocenters. The molecule has 0 saturated heterocycles. The second-order valence-electron chi connectivity index (χ2n) is 6.87. The first-order valence-corrected chi connectivity index (χ1v) is 8.92. The van der Waals surface area contributed by atoms with Crippen LogP contribution in [0, 0.1) is 0 Å². The summed E-state index contributed by atoms with van der Waals surface area (Å²) in [5.74, 6) is 1.26. The molecule has 2 aromatic rings. The number of ether oxygens (including phenoxy) is 1. The molecular weight excluding hydrogens is 312 g/mol. The highest BCUT2D eigenvalue weighted by Crippen LogP contribution is 2.20. The van der Waals surface area contributed by atoms with Gasteiger partial charge in [-0.15, -0.1) is 0 Å². The predicted octanol–water partition coefficient (Wildman–Crippen LogP) is 4.30. The lowest BCUT2D eigenvalue weighted by atomic mass is 10.0. The van der Waals surface area contributed by atoms with Gasteiger partial charge in [0.15, 0.2) is 6.23 Å². The summed E-state index contributed by atoms with van der Waals surface area (Å²) in [5.41, 5.74) is 3.83. The molecule has 0 bridgehead atoms. The van der Waals surface area contributed by atoms with Crippen LogP contribution < -0.4 is 10.1 Å². The number of hydrogen-bond acceptors (Lipinski definition) is 2. The van der Waals surface area contributed by atoms with Gasteiger partial charge in [-0.25, -0.2) is 4.79 Å². The van der Waals surface area contributed by atoms with E-state index in [9.17, 15) is 4.79 Å². The van der Waals surface area contributed by atoms with Crippen LogP contribution in [0.3, 0.4) is 0 Å². The molecule has 4 heteroatoms. The topological polar surface area (TPSA) is 41.6 Å². The number of nitrogens with zero attached hydrogens (tertiary/aromatic N) is 1. The van der Waals surface area contributed by atoms with Gasteiger partial charge in [0.1, 0.15) is 5.75 Å². The summed E-state index contributed by atoms with van der Waals surface area (Å²) in [4.78, 5) is 14.3. The summed E-state index contributed by atoms with van der Waals surface area (Å²) in [6.07, 6.45) is 0.518. The van der Waals surface area contributed by atoms with Crippen LogP contribution in [0.15, 0.2) is 48.5 Å². The number of carbonyl (C=O) groups is 1. The number of nitrogens with one attached hydrogen (secondary N) is 1. The molecule has 0 radical (unpaired) electrons. The highest BCUT2D eigenvalue weighted by molar-refractivity contribution is 5.74. The zero-order chi connectivity index (χ0) is 17.8. The lowest BCUT2D eigenvalue weighted by Gasteiger charge is -2.30. The van der Waals surface area contributed by atoms with Crippen molar-refractivity contribution < 1.29 is 9.53 Å². The van der Waals surface area contributed by atoms with Crippen LogP contribution >= 0.6 is 0 Å². The van der Waals surface area contributed by atoms with Crippen molar-refractivity contribution in [1.82, 2.24) is 10.2 Å². The molecule has 2 aromatic carbocycles. The van der Waals surface area contributed by atoms with Crippen LogP contribution in [-0.2, 0) is 13.0 Å². The number of amides is 2. The lowest BCUT2D eigenvalue weighted by molar-refractivity contribution is 0.149. The zero-order valence-electron chi connectivity index (χ0n) is 15.2. The van der Waals surface area contributed by atoms with Crippen molar-refractivity contribution in [3.05, 3.63) is 65.2 Å². The fourth-order valence-electron chi connectivity index (χ4n) is 3.10. The standard InChI is InChI=1S/C21H26N2O2/c1-15(2)17-8-10-20(11-9-17)25-16(3)22-21(24)23-13-12-18-6-4-5-7-19(18)14-23/h4-11,15-16H,12-14H2,1-3H3,(H,22,24). The van der Waals surface area contributed by atoms with E-state index in [4.69, 9.17) is 4.74 Å². The van der Waals surface area contributed by atoms with Crippen molar-refractivity contribution in [2.75, 3.05) is 6.54 Å². The van der Waals surface area contributed by atoms with Crippen molar-refractivity contribution in [3.63, 3.8) is 0 Å². The average Bonchev–Trinajstić information content (AvgIpc) is 2.61. The Labute approximate surface area is 149 Å². The van der Waals surface area contributed by atoms with Gasteiger partial charge >= 0.3 is 6.03 Å². The number of rotatable bonds is 4.